The van der Waals surface area contributed by atoms with E-state index in [2.05, 4.69) is 11.0 Å². The van der Waals surface area contributed by atoms with E-state index in [1.54, 1.807) is 4.90 Å². The van der Waals surface area contributed by atoms with Crippen LogP contribution in [0.5, 0.6) is 5.75 Å². The molecule has 12 heteroatoms. The van der Waals surface area contributed by atoms with Crippen LogP contribution in [0.1, 0.15) is 69.0 Å². The van der Waals surface area contributed by atoms with Gasteiger partial charge in [-0.05, 0) is 86.8 Å². The third-order valence-electron chi connectivity index (χ3n) is 8.85. The molecule has 2 aliphatic rings. The summed E-state index contributed by atoms with van der Waals surface area (Å²) >= 11 is 12.6. The zero-order valence-corrected chi connectivity index (χ0v) is 30.0. The molecule has 1 saturated heterocycles. The average Bonchev–Trinajstić information content (AvgIpc) is 3.45. The van der Waals surface area contributed by atoms with E-state index in [9.17, 15) is 18.5 Å². The largest absolute Gasteiger partial charge is 0.493 e. The molecule has 0 radical (unpaired) electrons. The van der Waals surface area contributed by atoms with Crippen LogP contribution in [0.4, 0.5) is 4.79 Å². The molecule has 0 saturated carbocycles. The van der Waals surface area contributed by atoms with Crippen LogP contribution in [0, 0.1) is 11.3 Å². The summed E-state index contributed by atoms with van der Waals surface area (Å²) in [6.45, 7) is 8.86. The number of aliphatic imine (C=N–C) groups is 1. The number of rotatable bonds is 10. The van der Waals surface area contributed by atoms with Gasteiger partial charge in [-0.3, -0.25) is 14.8 Å². The Morgan fingerprint density at radius 3 is 2.12 bits per heavy atom. The maximum absolute atomic E-state index is 14.8. The van der Waals surface area contributed by atoms with Crippen molar-refractivity contribution in [3.63, 3.8) is 0 Å². The lowest BCUT2D eigenvalue weighted by atomic mass is 9.85. The van der Waals surface area contributed by atoms with E-state index in [0.29, 0.717) is 72.9 Å². The second-order valence-electron chi connectivity index (χ2n) is 12.8. The molecule has 1 fully saturated rings. The highest BCUT2D eigenvalue weighted by atomic mass is 35.5. The van der Waals surface area contributed by atoms with Crippen molar-refractivity contribution in [2.24, 2.45) is 4.99 Å². The molecular formula is C37H45Cl2N5O4S. The fourth-order valence-electron chi connectivity index (χ4n) is 6.16. The van der Waals surface area contributed by atoms with Gasteiger partial charge in [-0.25, -0.2) is 13.2 Å². The lowest BCUT2D eigenvalue weighted by Crippen LogP contribution is -2.54. The molecule has 262 valence electrons. The fourth-order valence-corrected chi connectivity index (χ4v) is 7.06. The number of hydrogen-bond donors (Lipinski definition) is 0. The van der Waals surface area contributed by atoms with E-state index in [1.165, 1.54) is 6.26 Å². The Morgan fingerprint density at radius 2 is 1.57 bits per heavy atom. The van der Waals surface area contributed by atoms with Gasteiger partial charge in [-0.15, -0.1) is 0 Å². The Balaban J connectivity index is 0.00000541. The number of ether oxygens (including phenoxy) is 1. The highest BCUT2D eigenvalue weighted by Gasteiger charge is 2.45. The summed E-state index contributed by atoms with van der Waals surface area (Å²) in [4.78, 5) is 25.9. The number of sulfone groups is 1. The molecular weight excluding hydrogens is 681 g/mol. The SMILES string of the molecule is C.CCOc1cc(C(C)(C)C#N)ccc1C1=N[C@@H](c2ccc(Cl)cc2)[C@@H](c2ccc(Cl)cc2)N1C(=O)N1CCN(CCCS(C)(=O)=O)CC1. The molecule has 2 heterocycles. The van der Waals surface area contributed by atoms with E-state index >= 15 is 0 Å². The third kappa shape index (κ3) is 8.95. The van der Waals surface area contributed by atoms with Gasteiger partial charge in [0.25, 0.3) is 0 Å². The van der Waals surface area contributed by atoms with Gasteiger partial charge in [0.15, 0.2) is 0 Å². The molecule has 5 rings (SSSR count). The van der Waals surface area contributed by atoms with Crippen LogP contribution in [0.15, 0.2) is 71.7 Å². The van der Waals surface area contributed by atoms with Crippen LogP contribution in [0.25, 0.3) is 0 Å². The van der Waals surface area contributed by atoms with E-state index < -0.39 is 27.3 Å². The Labute approximate surface area is 301 Å². The number of benzene rings is 3. The molecule has 2 aliphatic heterocycles. The quantitative estimate of drug-likeness (QED) is 0.214. The number of carbonyl (C=O) groups is 1. The van der Waals surface area contributed by atoms with E-state index in [0.717, 1.165) is 16.7 Å². The zero-order chi connectivity index (χ0) is 34.6. The average molecular weight is 727 g/mol. The number of nitriles is 1. The number of carbonyl (C=O) groups excluding carboxylic acids is 1. The lowest BCUT2D eigenvalue weighted by Gasteiger charge is -2.39. The van der Waals surface area contributed by atoms with Gasteiger partial charge in [0.2, 0.25) is 0 Å². The van der Waals surface area contributed by atoms with Crippen molar-refractivity contribution in [2.45, 2.75) is 52.1 Å². The van der Waals surface area contributed by atoms with Crippen molar-refractivity contribution < 1.29 is 17.9 Å². The first-order valence-electron chi connectivity index (χ1n) is 16.1. The standard InChI is InChI=1S/C36H41Cl2N5O4S.CH4/c1-5-47-31-23-27(36(2,3)24-39)11-16-30(31)34-40-32(25-7-12-28(37)13-8-25)33(26-9-14-29(38)15-10-26)43(34)35(44)42-20-18-41(19-21-42)17-6-22-48(4,45)46;/h7-16,23,32-33H,5-6,17-22H2,1-4H3;1H4/t32-,33+;/m0./s1. The Kier molecular flexibility index (Phi) is 12.4. The van der Waals surface area contributed by atoms with Crippen LogP contribution in [-0.2, 0) is 15.3 Å². The second kappa shape index (κ2) is 15.9. The smallest absolute Gasteiger partial charge is 0.326 e. The minimum absolute atomic E-state index is 0. The van der Waals surface area contributed by atoms with E-state index in [1.807, 2.05) is 92.4 Å². The molecule has 0 unspecified atom stereocenters. The van der Waals surface area contributed by atoms with Crippen molar-refractivity contribution in [2.75, 3.05) is 51.3 Å². The number of amides is 2. The molecule has 3 aromatic carbocycles. The predicted molar refractivity (Wildman–Crippen MR) is 197 cm³/mol. The third-order valence-corrected chi connectivity index (χ3v) is 10.4. The van der Waals surface area contributed by atoms with Crippen LogP contribution in [0.2, 0.25) is 10.0 Å². The fraction of sp³-hybridized carbons (Fsp3) is 0.432. The molecule has 0 N–H and O–H groups in total. The molecule has 0 spiro atoms. The number of amidine groups is 1. The van der Waals surface area contributed by atoms with Crippen LogP contribution >= 0.6 is 23.2 Å². The van der Waals surface area contributed by atoms with Crippen molar-refractivity contribution in [1.82, 2.24) is 14.7 Å². The Morgan fingerprint density at radius 1 is 0.980 bits per heavy atom. The summed E-state index contributed by atoms with van der Waals surface area (Å²) in [5.41, 5.74) is 2.45. The van der Waals surface area contributed by atoms with Gasteiger partial charge in [0, 0.05) is 42.5 Å². The number of halogens is 2. The van der Waals surface area contributed by atoms with Crippen molar-refractivity contribution in [1.29, 1.82) is 5.26 Å². The summed E-state index contributed by atoms with van der Waals surface area (Å²) in [6.07, 6.45) is 1.80. The van der Waals surface area contributed by atoms with Gasteiger partial charge in [0.1, 0.15) is 27.5 Å². The van der Waals surface area contributed by atoms with Gasteiger partial charge in [-0.1, -0.05) is 61.0 Å². The number of piperazine rings is 1. The highest BCUT2D eigenvalue weighted by Crippen LogP contribution is 2.46. The number of nitrogens with zero attached hydrogens (tertiary/aromatic N) is 5. The first-order valence-corrected chi connectivity index (χ1v) is 18.9. The Bertz CT molecular complexity index is 1800. The van der Waals surface area contributed by atoms with Crippen molar-refractivity contribution in [3.05, 3.63) is 99.0 Å². The number of urea groups is 1. The second-order valence-corrected chi connectivity index (χ2v) is 15.9. The van der Waals surface area contributed by atoms with Crippen molar-refractivity contribution in [3.8, 4) is 11.8 Å². The predicted octanol–water partition coefficient (Wildman–Crippen LogP) is 7.55. The Hall–Kier alpha value is -3.62. The topological polar surface area (TPSA) is 106 Å². The normalized spacial score (nSPS) is 18.4. The maximum atomic E-state index is 14.8. The summed E-state index contributed by atoms with van der Waals surface area (Å²) in [5, 5.41) is 11.0. The minimum atomic E-state index is -3.03. The molecule has 0 aromatic heterocycles. The van der Waals surface area contributed by atoms with Crippen molar-refractivity contribution >= 4 is 44.9 Å². The van der Waals surface area contributed by atoms with Gasteiger partial charge in [0.05, 0.1) is 35.4 Å². The van der Waals surface area contributed by atoms with E-state index in [4.69, 9.17) is 32.9 Å². The molecule has 0 bridgehead atoms. The van der Waals surface area contributed by atoms with Crippen LogP contribution < -0.4 is 4.74 Å². The summed E-state index contributed by atoms with van der Waals surface area (Å²) in [7, 11) is -3.03. The van der Waals surface area contributed by atoms with Crippen LogP contribution in [0.3, 0.4) is 0 Å². The zero-order valence-electron chi connectivity index (χ0n) is 27.7. The molecule has 0 aliphatic carbocycles. The van der Waals surface area contributed by atoms with E-state index in [-0.39, 0.29) is 19.2 Å². The monoisotopic (exact) mass is 725 g/mol. The summed E-state index contributed by atoms with van der Waals surface area (Å²) in [5.74, 6) is 1.15. The van der Waals surface area contributed by atoms with Gasteiger partial charge >= 0.3 is 6.03 Å². The molecule has 49 heavy (non-hydrogen) atoms. The first kappa shape index (κ1) is 38.2. The summed E-state index contributed by atoms with van der Waals surface area (Å²) < 4.78 is 29.5. The van der Waals surface area contributed by atoms with Gasteiger partial charge in [-0.2, -0.15) is 5.26 Å². The minimum Gasteiger partial charge on any atom is -0.493 e. The molecule has 9 nitrogen and oxygen atoms in total. The highest BCUT2D eigenvalue weighted by molar-refractivity contribution is 7.90. The maximum Gasteiger partial charge on any atom is 0.326 e. The first-order chi connectivity index (χ1) is 22.8. The molecule has 3 aromatic rings. The molecule has 2 atom stereocenters. The summed E-state index contributed by atoms with van der Waals surface area (Å²) in [6, 6.07) is 21.8. The van der Waals surface area contributed by atoms with Gasteiger partial charge < -0.3 is 9.64 Å². The molecule has 2 amide bonds. The van der Waals surface area contributed by atoms with Crippen LogP contribution in [-0.4, -0.2) is 86.3 Å². The lowest BCUT2D eigenvalue weighted by molar-refractivity contribution is 0.119. The number of hydrogen-bond acceptors (Lipinski definition) is 7.